The van der Waals surface area contributed by atoms with E-state index in [1.807, 2.05) is 31.7 Å². The zero-order valence-electron chi connectivity index (χ0n) is 34.1. The van der Waals surface area contributed by atoms with Crippen LogP contribution in [0, 0.1) is 0 Å². The number of rotatable bonds is 23. The highest BCUT2D eigenvalue weighted by molar-refractivity contribution is 7.86. The molecule has 23 heteroatoms. The number of amides is 1. The molecule has 0 spiro atoms. The van der Waals surface area contributed by atoms with Gasteiger partial charge in [-0.15, -0.1) is 0 Å². The van der Waals surface area contributed by atoms with Gasteiger partial charge in [0.15, 0.2) is 5.71 Å². The van der Waals surface area contributed by atoms with E-state index in [0.29, 0.717) is 72.7 Å². The summed E-state index contributed by atoms with van der Waals surface area (Å²) in [6.07, 6.45) is 8.52. The summed E-state index contributed by atoms with van der Waals surface area (Å²) in [4.78, 5) is 16.4. The lowest BCUT2D eigenvalue weighted by atomic mass is 9.77. The zero-order chi connectivity index (χ0) is 45.4. The third-order valence-electron chi connectivity index (χ3n) is 10.9. The Morgan fingerprint density at radius 3 is 2.07 bits per heavy atom. The number of nitrogens with zero attached hydrogens (tertiary/aromatic N) is 5. The number of carbonyl (C=O) groups is 1. The largest absolute Gasteiger partial charge is 0.356 e. The molecular weight excluding hydrogens is 877 g/mol. The van der Waals surface area contributed by atoms with E-state index in [9.17, 15) is 56.7 Å². The number of anilines is 1. The minimum atomic E-state index is -4.64. The Labute approximate surface area is 357 Å². The highest BCUT2D eigenvalue weighted by Crippen LogP contribution is 2.51. The molecule has 0 bridgehead atoms. The van der Waals surface area contributed by atoms with Gasteiger partial charge in [-0.3, -0.25) is 23.0 Å². The Balaban J connectivity index is 1.77. The van der Waals surface area contributed by atoms with Crippen molar-refractivity contribution in [2.75, 3.05) is 42.6 Å². The van der Waals surface area contributed by atoms with Gasteiger partial charge < -0.3 is 10.2 Å². The first-order valence-corrected chi connectivity index (χ1v) is 25.6. The summed E-state index contributed by atoms with van der Waals surface area (Å²) in [5.74, 6) is -1.18. The summed E-state index contributed by atoms with van der Waals surface area (Å²) >= 11 is 0. The highest BCUT2D eigenvalue weighted by atomic mass is 32.2. The van der Waals surface area contributed by atoms with Crippen molar-refractivity contribution in [3.05, 3.63) is 81.9 Å². The number of allylic oxidation sites excluding steroid dienone is 4. The maximum Gasteiger partial charge on any atom is 0.294 e. The SMILES string of the molecule is CC1(C)C(C=CC=C2N(CCCCCC(=O)NCCCN=[N+]=[N-])c3ccc(S(=O)(=O)O)cc3C2(C)CCCCS(=O)(=O)O)=[N+](CCCS(=O)(=O)O)c2ccc(S(=O)(=O)O)cc21. The number of fused-ring (bicyclic) bond motifs is 2. The molecule has 0 saturated heterocycles. The average Bonchev–Trinajstić information content (AvgIpc) is 3.50. The lowest BCUT2D eigenvalue weighted by Crippen LogP contribution is -2.30. The van der Waals surface area contributed by atoms with Gasteiger partial charge in [-0.2, -0.15) is 38.2 Å². The van der Waals surface area contributed by atoms with Gasteiger partial charge in [0.05, 0.1) is 26.7 Å². The molecule has 0 aliphatic carbocycles. The fraction of sp³-hybridized carbons (Fsp3) is 0.526. The molecule has 0 fully saturated rings. The normalized spacial score (nSPS) is 18.4. The Morgan fingerprint density at radius 1 is 0.820 bits per heavy atom. The summed E-state index contributed by atoms with van der Waals surface area (Å²) < 4.78 is 136. The van der Waals surface area contributed by atoms with Crippen LogP contribution in [0.2, 0.25) is 0 Å². The summed E-state index contributed by atoms with van der Waals surface area (Å²) in [5, 5.41) is 6.23. The molecule has 2 aliphatic heterocycles. The minimum Gasteiger partial charge on any atom is -0.356 e. The molecule has 2 aromatic carbocycles. The second kappa shape index (κ2) is 19.9. The number of unbranched alkanes of at least 4 members (excludes halogenated alkanes) is 3. The second-order valence-electron chi connectivity index (χ2n) is 15.7. The molecule has 19 nitrogen and oxygen atoms in total. The fourth-order valence-corrected chi connectivity index (χ4v) is 9.97. The first-order chi connectivity index (χ1) is 28.3. The lowest BCUT2D eigenvalue weighted by molar-refractivity contribution is -0.437. The first kappa shape index (κ1) is 49.5. The van der Waals surface area contributed by atoms with Crippen molar-refractivity contribution in [2.45, 2.75) is 99.2 Å². The smallest absolute Gasteiger partial charge is 0.294 e. The molecule has 1 unspecified atom stereocenters. The van der Waals surface area contributed by atoms with Crippen LogP contribution >= 0.6 is 0 Å². The maximum absolute atomic E-state index is 12.4. The van der Waals surface area contributed by atoms with E-state index in [1.165, 1.54) is 30.3 Å². The molecule has 61 heavy (non-hydrogen) atoms. The van der Waals surface area contributed by atoms with Gasteiger partial charge in [-0.1, -0.05) is 24.0 Å². The van der Waals surface area contributed by atoms with Crippen molar-refractivity contribution >= 4 is 63.5 Å². The summed E-state index contributed by atoms with van der Waals surface area (Å²) in [6, 6.07) is 8.34. The summed E-state index contributed by atoms with van der Waals surface area (Å²) in [6.45, 7) is 6.66. The van der Waals surface area contributed by atoms with Crippen LogP contribution in [0.5, 0.6) is 0 Å². The Bertz CT molecular complexity index is 2590. The van der Waals surface area contributed by atoms with Crippen LogP contribution in [-0.4, -0.2) is 106 Å². The Hall–Kier alpha value is -4.19. The summed E-state index contributed by atoms with van der Waals surface area (Å²) in [7, 11) is -17.8. The van der Waals surface area contributed by atoms with Crippen molar-refractivity contribution in [3.63, 3.8) is 0 Å². The molecule has 0 saturated carbocycles. The van der Waals surface area contributed by atoms with E-state index in [1.54, 1.807) is 22.8 Å². The molecule has 2 heterocycles. The van der Waals surface area contributed by atoms with E-state index in [0.717, 1.165) is 0 Å². The van der Waals surface area contributed by atoms with E-state index in [4.69, 9.17) is 5.53 Å². The predicted octanol–water partition coefficient (Wildman–Crippen LogP) is 5.49. The molecule has 4 rings (SSSR count). The number of hydrogen-bond acceptors (Lipinski definition) is 11. The monoisotopic (exact) mass is 929 g/mol. The van der Waals surface area contributed by atoms with Gasteiger partial charge in [0.1, 0.15) is 6.54 Å². The van der Waals surface area contributed by atoms with E-state index >= 15 is 0 Å². The molecule has 0 radical (unpaired) electrons. The van der Waals surface area contributed by atoms with Gasteiger partial charge >= 0.3 is 0 Å². The van der Waals surface area contributed by atoms with Crippen LogP contribution in [0.1, 0.15) is 89.7 Å². The van der Waals surface area contributed by atoms with Crippen LogP contribution < -0.4 is 10.2 Å². The first-order valence-electron chi connectivity index (χ1n) is 19.5. The Kier molecular flexibility index (Phi) is 16.1. The molecule has 2 aromatic rings. The summed E-state index contributed by atoms with van der Waals surface area (Å²) in [5.41, 5.74) is 10.1. The predicted molar refractivity (Wildman–Crippen MR) is 229 cm³/mol. The topological polar surface area (TPSA) is 302 Å². The number of benzene rings is 2. The fourth-order valence-electron chi connectivity index (χ4n) is 7.89. The molecule has 0 aromatic heterocycles. The van der Waals surface area contributed by atoms with Gasteiger partial charge in [-0.05, 0) is 100 Å². The van der Waals surface area contributed by atoms with Crippen molar-refractivity contribution in [1.82, 2.24) is 5.32 Å². The third-order valence-corrected chi connectivity index (χ3v) is 14.2. The van der Waals surface area contributed by atoms with Crippen molar-refractivity contribution in [3.8, 4) is 0 Å². The van der Waals surface area contributed by atoms with Gasteiger partial charge in [0, 0.05) is 71.9 Å². The molecule has 1 atom stereocenters. The standard InChI is InChI=1S/C38H52N6O13S4/c1-37(2)30-26-28(60(52,53)54)15-17-32(30)43(23-11-25-59(49,50)51)34(37)12-9-13-35-38(3,19-6-8-24-58(46,47)48)31-27-29(61(55,56)57)16-18-33(31)44(35)22-7-4-5-14-36(45)40-20-10-21-41-42-39/h9,12-13,15-18,26-27H,4-8,10-11,14,19-25H2,1-3H3,(H4-,40,45,46,47,48,49,50,51,52,53,54,55,56,57)/p+1. The minimum absolute atomic E-state index is 0.00668. The van der Waals surface area contributed by atoms with Crippen molar-refractivity contribution < 1.29 is 61.3 Å². The number of hydrogen-bond donors (Lipinski definition) is 5. The van der Waals surface area contributed by atoms with Gasteiger partial charge in [0.25, 0.3) is 40.5 Å². The third kappa shape index (κ3) is 13.2. The average molecular weight is 930 g/mol. The van der Waals surface area contributed by atoms with Crippen LogP contribution in [-0.2, 0) is 56.1 Å². The lowest BCUT2D eigenvalue weighted by Gasteiger charge is -2.30. The van der Waals surface area contributed by atoms with Crippen LogP contribution in [0.4, 0.5) is 11.4 Å². The van der Waals surface area contributed by atoms with Crippen molar-refractivity contribution in [2.24, 2.45) is 5.11 Å². The van der Waals surface area contributed by atoms with Crippen LogP contribution in [0.3, 0.4) is 0 Å². The van der Waals surface area contributed by atoms with Crippen LogP contribution in [0.25, 0.3) is 10.4 Å². The van der Waals surface area contributed by atoms with E-state index < -0.39 is 62.8 Å². The van der Waals surface area contributed by atoms with Crippen molar-refractivity contribution in [1.29, 1.82) is 0 Å². The molecule has 1 amide bonds. The van der Waals surface area contributed by atoms with E-state index in [-0.39, 0.29) is 60.9 Å². The molecule has 5 N–H and O–H groups in total. The molecule has 336 valence electrons. The number of carbonyl (C=O) groups excluding carboxylic acids is 1. The number of nitrogens with one attached hydrogen (secondary N) is 1. The number of azide groups is 1. The van der Waals surface area contributed by atoms with E-state index in [2.05, 4.69) is 15.3 Å². The van der Waals surface area contributed by atoms with Gasteiger partial charge in [-0.25, -0.2) is 0 Å². The molecular formula is C38H53N6O13S4+. The van der Waals surface area contributed by atoms with Gasteiger partial charge in [0.2, 0.25) is 11.6 Å². The highest BCUT2D eigenvalue weighted by Gasteiger charge is 2.46. The quantitative estimate of drug-likeness (QED) is 0.0230. The van der Waals surface area contributed by atoms with Crippen LogP contribution in [0.15, 0.2) is 75.2 Å². The Morgan fingerprint density at radius 2 is 1.44 bits per heavy atom. The second-order valence-corrected chi connectivity index (χ2v) is 21.7. The molecule has 2 aliphatic rings. The maximum atomic E-state index is 12.4. The zero-order valence-corrected chi connectivity index (χ0v) is 37.4.